The van der Waals surface area contributed by atoms with Gasteiger partial charge in [-0.25, -0.2) is 8.42 Å². The third-order valence-electron chi connectivity index (χ3n) is 3.78. The summed E-state index contributed by atoms with van der Waals surface area (Å²) in [5, 5.41) is 0.0322. The third-order valence-corrected chi connectivity index (χ3v) is 6.60. The van der Waals surface area contributed by atoms with E-state index in [1.807, 2.05) is 43.3 Å². The lowest BCUT2D eigenvalue weighted by Gasteiger charge is -2.19. The monoisotopic (exact) mass is 402 g/mol. The van der Waals surface area contributed by atoms with E-state index in [4.69, 9.17) is 27.9 Å². The minimum Gasteiger partial charge on any atom is -0.495 e. The summed E-state index contributed by atoms with van der Waals surface area (Å²) in [4.78, 5) is 1.93. The normalized spacial score (nSPS) is 11.6. The van der Waals surface area contributed by atoms with Crippen molar-refractivity contribution in [2.24, 2.45) is 0 Å². The van der Waals surface area contributed by atoms with Crippen molar-refractivity contribution in [3.8, 4) is 5.75 Å². The van der Waals surface area contributed by atoms with Crippen LogP contribution in [0.15, 0.2) is 41.3 Å². The first-order chi connectivity index (χ1) is 11.7. The van der Waals surface area contributed by atoms with E-state index in [1.165, 1.54) is 30.6 Å². The highest BCUT2D eigenvalue weighted by atomic mass is 35.5. The number of hydrogen-bond acceptors (Lipinski definition) is 4. The molecule has 0 radical (unpaired) electrons. The van der Waals surface area contributed by atoms with Gasteiger partial charge in [-0.15, -0.1) is 0 Å². The minimum atomic E-state index is -3.79. The van der Waals surface area contributed by atoms with Gasteiger partial charge >= 0.3 is 0 Å². The maximum absolute atomic E-state index is 12.8. The highest BCUT2D eigenvalue weighted by molar-refractivity contribution is 7.89. The van der Waals surface area contributed by atoms with E-state index < -0.39 is 10.0 Å². The Labute approximate surface area is 158 Å². The van der Waals surface area contributed by atoms with Gasteiger partial charge in [-0.3, -0.25) is 0 Å². The molecule has 0 N–H and O–H groups in total. The zero-order chi connectivity index (χ0) is 18.8. The van der Waals surface area contributed by atoms with Gasteiger partial charge in [-0.05, 0) is 29.8 Å². The molecule has 8 heteroatoms. The molecule has 0 fully saturated rings. The molecule has 2 aromatic rings. The van der Waals surface area contributed by atoms with Crippen molar-refractivity contribution >= 4 is 38.9 Å². The number of ether oxygens (including phenoxy) is 1. The number of benzene rings is 2. The van der Waals surface area contributed by atoms with E-state index in [0.29, 0.717) is 5.75 Å². The van der Waals surface area contributed by atoms with Crippen LogP contribution in [-0.4, -0.2) is 41.0 Å². The largest absolute Gasteiger partial charge is 0.495 e. The van der Waals surface area contributed by atoms with Crippen LogP contribution in [0.25, 0.3) is 0 Å². The summed E-state index contributed by atoms with van der Waals surface area (Å²) in [6.45, 7) is 0.218. The van der Waals surface area contributed by atoms with Crippen LogP contribution in [0.5, 0.6) is 5.75 Å². The van der Waals surface area contributed by atoms with Crippen molar-refractivity contribution < 1.29 is 13.2 Å². The molecule has 0 aliphatic heterocycles. The summed E-state index contributed by atoms with van der Waals surface area (Å²) in [5.41, 5.74) is 1.91. The fraction of sp³-hybridized carbons (Fsp3) is 0.294. The Balaban J connectivity index is 2.28. The molecule has 0 spiro atoms. The predicted octanol–water partition coefficient (Wildman–Crippen LogP) is 3.89. The highest BCUT2D eigenvalue weighted by Gasteiger charge is 2.26. The minimum absolute atomic E-state index is 0.0455. The fourth-order valence-electron chi connectivity index (χ4n) is 2.28. The van der Waals surface area contributed by atoms with Crippen LogP contribution in [0, 0.1) is 0 Å². The second-order valence-electron chi connectivity index (χ2n) is 5.72. The molecule has 0 aliphatic rings. The highest BCUT2D eigenvalue weighted by Crippen LogP contribution is 2.37. The number of hydrogen-bond donors (Lipinski definition) is 0. The van der Waals surface area contributed by atoms with Crippen LogP contribution in [0.4, 0.5) is 5.69 Å². The summed E-state index contributed by atoms with van der Waals surface area (Å²) in [7, 11) is 3.04. The Morgan fingerprint density at radius 2 is 1.56 bits per heavy atom. The number of rotatable bonds is 6. The lowest BCUT2D eigenvalue weighted by Crippen LogP contribution is -2.26. The molecule has 2 rings (SSSR count). The summed E-state index contributed by atoms with van der Waals surface area (Å²) in [6.07, 6.45) is 0. The molecule has 5 nitrogen and oxygen atoms in total. The van der Waals surface area contributed by atoms with Crippen LogP contribution in [0.2, 0.25) is 10.0 Å². The van der Waals surface area contributed by atoms with Crippen molar-refractivity contribution in [1.29, 1.82) is 0 Å². The molecule has 0 amide bonds. The maximum atomic E-state index is 12.8. The Kier molecular flexibility index (Phi) is 6.21. The Morgan fingerprint density at radius 1 is 0.960 bits per heavy atom. The molecule has 0 aliphatic carbocycles. The topological polar surface area (TPSA) is 49.9 Å². The maximum Gasteiger partial charge on any atom is 0.244 e. The van der Waals surface area contributed by atoms with E-state index in [2.05, 4.69) is 0 Å². The average molecular weight is 403 g/mol. The van der Waals surface area contributed by atoms with Gasteiger partial charge in [0.05, 0.1) is 12.1 Å². The van der Waals surface area contributed by atoms with E-state index in [0.717, 1.165) is 11.3 Å². The molecule has 0 saturated carbocycles. The molecule has 25 heavy (non-hydrogen) atoms. The van der Waals surface area contributed by atoms with Crippen molar-refractivity contribution in [2.75, 3.05) is 33.2 Å². The van der Waals surface area contributed by atoms with Gasteiger partial charge in [-0.1, -0.05) is 35.3 Å². The molecular weight excluding hydrogens is 383 g/mol. The molecule has 0 aromatic heterocycles. The van der Waals surface area contributed by atoms with Gasteiger partial charge in [-0.2, -0.15) is 4.31 Å². The van der Waals surface area contributed by atoms with Gasteiger partial charge in [0.1, 0.15) is 15.7 Å². The summed E-state index contributed by atoms with van der Waals surface area (Å²) >= 11 is 12.2. The number of nitrogens with zero attached hydrogens (tertiary/aromatic N) is 2. The molecule has 0 saturated heterocycles. The van der Waals surface area contributed by atoms with E-state index >= 15 is 0 Å². The van der Waals surface area contributed by atoms with Gasteiger partial charge in [0.15, 0.2) is 0 Å². The Hall–Kier alpha value is -1.47. The van der Waals surface area contributed by atoms with Crippen LogP contribution >= 0.6 is 23.2 Å². The molecular formula is C17H20Cl2N2O3S. The average Bonchev–Trinajstić information content (AvgIpc) is 2.57. The van der Waals surface area contributed by atoms with Crippen LogP contribution < -0.4 is 9.64 Å². The van der Waals surface area contributed by atoms with Gasteiger partial charge in [0, 0.05) is 33.4 Å². The van der Waals surface area contributed by atoms with Gasteiger partial charge in [0.25, 0.3) is 0 Å². The van der Waals surface area contributed by atoms with Gasteiger partial charge < -0.3 is 9.64 Å². The number of sulfonamides is 1. The van der Waals surface area contributed by atoms with Crippen LogP contribution in [0.3, 0.4) is 0 Å². The second kappa shape index (κ2) is 7.83. The quantitative estimate of drug-likeness (QED) is 0.735. The Bertz CT molecular complexity index is 853. The molecule has 0 unspecified atom stereocenters. The first kappa shape index (κ1) is 19.8. The van der Waals surface area contributed by atoms with Crippen molar-refractivity contribution in [2.45, 2.75) is 11.4 Å². The second-order valence-corrected chi connectivity index (χ2v) is 8.49. The van der Waals surface area contributed by atoms with Crippen LogP contribution in [0.1, 0.15) is 5.56 Å². The van der Waals surface area contributed by atoms with E-state index in [-0.39, 0.29) is 21.5 Å². The Morgan fingerprint density at radius 3 is 2.08 bits per heavy atom. The fourth-order valence-corrected chi connectivity index (χ4v) is 4.25. The molecule has 0 heterocycles. The lowest BCUT2D eigenvalue weighted by atomic mass is 10.2. The van der Waals surface area contributed by atoms with Crippen molar-refractivity contribution in [1.82, 2.24) is 4.31 Å². The number of methoxy groups -OCH3 is 1. The first-order valence-corrected chi connectivity index (χ1v) is 9.62. The zero-order valence-corrected chi connectivity index (χ0v) is 16.8. The molecule has 2 aromatic carbocycles. The lowest BCUT2D eigenvalue weighted by molar-refractivity contribution is 0.414. The summed E-state index contributed by atoms with van der Waals surface area (Å²) in [5.74, 6) is 0.326. The van der Waals surface area contributed by atoms with E-state index in [1.54, 1.807) is 0 Å². The van der Waals surface area contributed by atoms with Crippen LogP contribution in [-0.2, 0) is 16.6 Å². The predicted molar refractivity (Wildman–Crippen MR) is 102 cm³/mol. The third kappa shape index (κ3) is 4.20. The molecule has 0 atom stereocenters. The standard InChI is InChI=1S/C17H20Cl2N2O3S/c1-20(2)13-7-5-12(6-8-13)11-21(3)25(22,23)15-10-9-14(24-4)16(18)17(15)19/h5-10H,11H2,1-4H3. The van der Waals surface area contributed by atoms with Crippen molar-refractivity contribution in [3.63, 3.8) is 0 Å². The SMILES string of the molecule is COc1ccc(S(=O)(=O)N(C)Cc2ccc(N(C)C)cc2)c(Cl)c1Cl. The zero-order valence-electron chi connectivity index (χ0n) is 14.5. The number of anilines is 1. The van der Waals surface area contributed by atoms with Crippen molar-refractivity contribution in [3.05, 3.63) is 52.0 Å². The summed E-state index contributed by atoms with van der Waals surface area (Å²) in [6, 6.07) is 10.5. The molecule has 136 valence electrons. The first-order valence-electron chi connectivity index (χ1n) is 7.43. The smallest absolute Gasteiger partial charge is 0.244 e. The van der Waals surface area contributed by atoms with E-state index in [9.17, 15) is 8.42 Å². The number of halogens is 2. The summed E-state index contributed by atoms with van der Waals surface area (Å²) < 4.78 is 31.9. The van der Waals surface area contributed by atoms with Gasteiger partial charge in [0.2, 0.25) is 10.0 Å². The molecule has 0 bridgehead atoms.